The monoisotopic (exact) mass is 224 g/mol. The van der Waals surface area contributed by atoms with E-state index < -0.39 is 0 Å². The molecule has 0 spiro atoms. The van der Waals surface area contributed by atoms with Crippen molar-refractivity contribution in [2.75, 3.05) is 11.5 Å². The highest BCUT2D eigenvalue weighted by molar-refractivity contribution is 7.99. The molecule has 1 aromatic rings. The lowest BCUT2D eigenvalue weighted by Crippen LogP contribution is -2.14. The Kier molecular flexibility index (Phi) is 3.46. The van der Waals surface area contributed by atoms with Crippen LogP contribution < -0.4 is 0 Å². The first-order valence-corrected chi connectivity index (χ1v) is 6.51. The molecule has 1 aliphatic heterocycles. The summed E-state index contributed by atoms with van der Waals surface area (Å²) in [6.07, 6.45) is 6.55. The molecule has 0 N–H and O–H groups in total. The molecule has 0 unspecified atom stereocenters. The molecule has 0 radical (unpaired) electrons. The molecule has 15 heavy (non-hydrogen) atoms. The molecule has 0 saturated carbocycles. The van der Waals surface area contributed by atoms with E-state index in [1.165, 1.54) is 24.3 Å². The second-order valence-corrected chi connectivity index (χ2v) is 5.31. The van der Waals surface area contributed by atoms with Gasteiger partial charge in [0.2, 0.25) is 0 Å². The van der Waals surface area contributed by atoms with Crippen molar-refractivity contribution in [3.8, 4) is 0 Å². The summed E-state index contributed by atoms with van der Waals surface area (Å²) >= 11 is 2.00. The molecule has 4 heteroatoms. The van der Waals surface area contributed by atoms with Crippen LogP contribution >= 0.6 is 11.8 Å². The summed E-state index contributed by atoms with van der Waals surface area (Å²) in [5.41, 5.74) is 0.760. The average Bonchev–Trinajstić information content (AvgIpc) is 2.66. The molecule has 1 fully saturated rings. The van der Waals surface area contributed by atoms with Gasteiger partial charge in [0.15, 0.2) is 5.78 Å². The van der Waals surface area contributed by atoms with Crippen molar-refractivity contribution < 1.29 is 4.79 Å². The molecular formula is C11H16N2OS. The van der Waals surface area contributed by atoms with Crippen molar-refractivity contribution in [1.82, 2.24) is 9.78 Å². The summed E-state index contributed by atoms with van der Waals surface area (Å²) in [5, 5.41) is 4.02. The summed E-state index contributed by atoms with van der Waals surface area (Å²) in [5.74, 6) is 3.27. The molecule has 3 nitrogen and oxygen atoms in total. The summed E-state index contributed by atoms with van der Waals surface area (Å²) in [4.78, 5) is 11.9. The smallest absolute Gasteiger partial charge is 0.166 e. The van der Waals surface area contributed by atoms with Crippen molar-refractivity contribution in [2.24, 2.45) is 13.0 Å². The van der Waals surface area contributed by atoms with Crippen molar-refractivity contribution in [3.05, 3.63) is 18.0 Å². The third-order valence-electron chi connectivity index (χ3n) is 2.84. The van der Waals surface area contributed by atoms with Gasteiger partial charge < -0.3 is 0 Å². The maximum absolute atomic E-state index is 11.9. The van der Waals surface area contributed by atoms with Gasteiger partial charge in [-0.05, 0) is 30.3 Å². The van der Waals surface area contributed by atoms with E-state index in [-0.39, 0.29) is 5.78 Å². The first-order chi connectivity index (χ1) is 7.25. The van der Waals surface area contributed by atoms with Crippen LogP contribution in [-0.4, -0.2) is 27.1 Å². The third kappa shape index (κ3) is 2.84. The second-order valence-electron chi connectivity index (χ2n) is 4.09. The fourth-order valence-electron chi connectivity index (χ4n) is 1.90. The maximum atomic E-state index is 11.9. The quantitative estimate of drug-likeness (QED) is 0.738. The van der Waals surface area contributed by atoms with Gasteiger partial charge in [-0.15, -0.1) is 0 Å². The highest BCUT2D eigenvalue weighted by Gasteiger charge is 2.18. The van der Waals surface area contributed by atoms with Crippen LogP contribution in [0.15, 0.2) is 12.4 Å². The molecule has 1 aromatic heterocycles. The van der Waals surface area contributed by atoms with Gasteiger partial charge in [0.05, 0.1) is 11.8 Å². The molecule has 0 aromatic carbocycles. The zero-order valence-electron chi connectivity index (χ0n) is 8.98. The summed E-state index contributed by atoms with van der Waals surface area (Å²) < 4.78 is 1.68. The van der Waals surface area contributed by atoms with E-state index in [1.54, 1.807) is 17.1 Å². The van der Waals surface area contributed by atoms with Gasteiger partial charge in [-0.1, -0.05) is 0 Å². The lowest BCUT2D eigenvalue weighted by molar-refractivity contribution is 0.0958. The molecular weight excluding hydrogens is 208 g/mol. The molecule has 0 bridgehead atoms. The number of rotatable bonds is 3. The summed E-state index contributed by atoms with van der Waals surface area (Å²) in [6, 6.07) is 0. The Morgan fingerprint density at radius 2 is 2.33 bits per heavy atom. The minimum Gasteiger partial charge on any atom is -0.294 e. The van der Waals surface area contributed by atoms with Gasteiger partial charge >= 0.3 is 0 Å². The highest BCUT2D eigenvalue weighted by Crippen LogP contribution is 2.26. The lowest BCUT2D eigenvalue weighted by Gasteiger charge is -2.19. The first kappa shape index (κ1) is 10.7. The van der Waals surface area contributed by atoms with Crippen LogP contribution in [0.25, 0.3) is 0 Å². The van der Waals surface area contributed by atoms with E-state index in [9.17, 15) is 4.79 Å². The molecule has 1 saturated heterocycles. The van der Waals surface area contributed by atoms with Gasteiger partial charge in [0, 0.05) is 19.7 Å². The van der Waals surface area contributed by atoms with Crippen LogP contribution in [0, 0.1) is 5.92 Å². The third-order valence-corrected chi connectivity index (χ3v) is 3.89. The Balaban J connectivity index is 1.91. The van der Waals surface area contributed by atoms with E-state index >= 15 is 0 Å². The van der Waals surface area contributed by atoms with Crippen LogP contribution in [0.1, 0.15) is 29.6 Å². The highest BCUT2D eigenvalue weighted by atomic mass is 32.2. The number of nitrogens with zero attached hydrogens (tertiary/aromatic N) is 2. The number of ketones is 1. The average molecular weight is 224 g/mol. The van der Waals surface area contributed by atoms with Crippen LogP contribution in [-0.2, 0) is 7.05 Å². The van der Waals surface area contributed by atoms with Crippen molar-refractivity contribution >= 4 is 17.5 Å². The lowest BCUT2D eigenvalue weighted by atomic mass is 9.94. The van der Waals surface area contributed by atoms with E-state index in [0.717, 1.165) is 5.56 Å². The molecule has 0 amide bonds. The zero-order chi connectivity index (χ0) is 10.7. The van der Waals surface area contributed by atoms with Gasteiger partial charge in [-0.3, -0.25) is 9.48 Å². The molecule has 1 aliphatic rings. The van der Waals surface area contributed by atoms with Gasteiger partial charge in [-0.2, -0.15) is 16.9 Å². The number of hydrogen-bond acceptors (Lipinski definition) is 3. The SMILES string of the molecule is Cn1cc(C(=O)CC2CCSCC2)cn1. The Labute approximate surface area is 94.2 Å². The van der Waals surface area contributed by atoms with Crippen molar-refractivity contribution in [3.63, 3.8) is 0 Å². The number of carbonyl (C=O) groups excluding carboxylic acids is 1. The first-order valence-electron chi connectivity index (χ1n) is 5.35. The van der Waals surface area contributed by atoms with Crippen LogP contribution in [0.5, 0.6) is 0 Å². The standard InChI is InChI=1S/C11H16N2OS/c1-13-8-10(7-12-13)11(14)6-9-2-4-15-5-3-9/h7-9H,2-6H2,1H3. The normalized spacial score (nSPS) is 17.9. The summed E-state index contributed by atoms with van der Waals surface area (Å²) in [6.45, 7) is 0. The van der Waals surface area contributed by atoms with Gasteiger partial charge in [0.25, 0.3) is 0 Å². The van der Waals surface area contributed by atoms with Gasteiger partial charge in [-0.25, -0.2) is 0 Å². The molecule has 82 valence electrons. The van der Waals surface area contributed by atoms with Crippen LogP contribution in [0.3, 0.4) is 0 Å². The fourth-order valence-corrected chi connectivity index (χ4v) is 3.10. The molecule has 0 aliphatic carbocycles. The van der Waals surface area contributed by atoms with Crippen molar-refractivity contribution in [1.29, 1.82) is 0 Å². The fraction of sp³-hybridized carbons (Fsp3) is 0.636. The van der Waals surface area contributed by atoms with E-state index in [1.807, 2.05) is 18.8 Å². The number of hydrogen-bond donors (Lipinski definition) is 0. The minimum absolute atomic E-state index is 0.250. The van der Waals surface area contributed by atoms with Gasteiger partial charge in [0.1, 0.15) is 0 Å². The summed E-state index contributed by atoms with van der Waals surface area (Å²) in [7, 11) is 1.84. The largest absolute Gasteiger partial charge is 0.294 e. The molecule has 2 heterocycles. The number of aryl methyl sites for hydroxylation is 1. The van der Waals surface area contributed by atoms with Crippen LogP contribution in [0.4, 0.5) is 0 Å². The topological polar surface area (TPSA) is 34.9 Å². The molecule has 0 atom stereocenters. The Bertz CT molecular complexity index is 342. The maximum Gasteiger partial charge on any atom is 0.166 e. The predicted molar refractivity (Wildman–Crippen MR) is 62.2 cm³/mol. The van der Waals surface area contributed by atoms with E-state index in [0.29, 0.717) is 12.3 Å². The predicted octanol–water partition coefficient (Wildman–Crippen LogP) is 2.14. The Morgan fingerprint density at radius 3 is 2.93 bits per heavy atom. The number of Topliss-reactive ketones (excluding diaryl/α,β-unsaturated/α-hetero) is 1. The number of thioether (sulfide) groups is 1. The number of aromatic nitrogens is 2. The van der Waals surface area contributed by atoms with Crippen LogP contribution in [0.2, 0.25) is 0 Å². The van der Waals surface area contributed by atoms with E-state index in [4.69, 9.17) is 0 Å². The Morgan fingerprint density at radius 1 is 1.60 bits per heavy atom. The zero-order valence-corrected chi connectivity index (χ0v) is 9.80. The second kappa shape index (κ2) is 4.84. The van der Waals surface area contributed by atoms with E-state index in [2.05, 4.69) is 5.10 Å². The minimum atomic E-state index is 0.250. The number of carbonyl (C=O) groups is 1. The Hall–Kier alpha value is -0.770. The van der Waals surface area contributed by atoms with Crippen molar-refractivity contribution in [2.45, 2.75) is 19.3 Å². The molecule has 2 rings (SSSR count).